The number of carboxylic acid groups (broad SMARTS) is 1. The summed E-state index contributed by atoms with van der Waals surface area (Å²) in [7, 11) is 0. The Balaban J connectivity index is 2.12. The van der Waals surface area contributed by atoms with Crippen molar-refractivity contribution in [1.82, 2.24) is 4.90 Å². The van der Waals surface area contributed by atoms with Crippen LogP contribution in [-0.4, -0.2) is 46.2 Å². The molecule has 2 rings (SSSR count). The molecule has 3 atom stereocenters. The number of nitrogens with zero attached hydrogens (tertiary/aromatic N) is 1. The molecule has 3 unspecified atom stereocenters. The number of aliphatic hydroxyl groups is 1. The van der Waals surface area contributed by atoms with Crippen molar-refractivity contribution < 1.29 is 19.8 Å². The molecule has 5 heteroatoms. The summed E-state index contributed by atoms with van der Waals surface area (Å²) in [5, 5.41) is 18.6. The lowest BCUT2D eigenvalue weighted by Crippen LogP contribution is -2.50. The molecule has 0 aromatic rings. The van der Waals surface area contributed by atoms with Gasteiger partial charge in [-0.15, -0.1) is 0 Å². The second kappa shape index (κ2) is 6.19. The summed E-state index contributed by atoms with van der Waals surface area (Å²) in [5.41, 5.74) is 0. The summed E-state index contributed by atoms with van der Waals surface area (Å²) in [6.07, 6.45) is 7.39. The van der Waals surface area contributed by atoms with Gasteiger partial charge in [0.25, 0.3) is 0 Å². The molecular formula is C14H21NO4. The van der Waals surface area contributed by atoms with Crippen molar-refractivity contribution in [2.24, 2.45) is 11.8 Å². The smallest absolute Gasteiger partial charge is 0.307 e. The van der Waals surface area contributed by atoms with Crippen LogP contribution >= 0.6 is 0 Å². The van der Waals surface area contributed by atoms with Gasteiger partial charge in [0.1, 0.15) is 0 Å². The molecule has 2 aliphatic rings. The van der Waals surface area contributed by atoms with Gasteiger partial charge in [0.15, 0.2) is 0 Å². The van der Waals surface area contributed by atoms with Crippen LogP contribution in [0, 0.1) is 11.8 Å². The Bertz CT molecular complexity index is 380. The van der Waals surface area contributed by atoms with E-state index in [1.807, 2.05) is 12.2 Å². The number of carbonyl (C=O) groups is 2. The summed E-state index contributed by atoms with van der Waals surface area (Å²) in [5.74, 6) is -2.11. The Labute approximate surface area is 112 Å². The molecule has 19 heavy (non-hydrogen) atoms. The van der Waals surface area contributed by atoms with Gasteiger partial charge in [-0.25, -0.2) is 0 Å². The van der Waals surface area contributed by atoms with E-state index in [4.69, 9.17) is 0 Å². The number of aliphatic hydroxyl groups excluding tert-OH is 1. The molecule has 1 aliphatic heterocycles. The van der Waals surface area contributed by atoms with Crippen LogP contribution in [0.2, 0.25) is 0 Å². The molecule has 0 bridgehead atoms. The van der Waals surface area contributed by atoms with E-state index in [0.29, 0.717) is 19.4 Å². The Kier molecular flexibility index (Phi) is 4.58. The number of piperidine rings is 1. The fourth-order valence-electron chi connectivity index (χ4n) is 3.05. The number of aliphatic carboxylic acids is 1. The zero-order chi connectivity index (χ0) is 13.8. The van der Waals surface area contributed by atoms with Crippen molar-refractivity contribution in [3.8, 4) is 0 Å². The van der Waals surface area contributed by atoms with Gasteiger partial charge in [0.2, 0.25) is 5.91 Å². The minimum absolute atomic E-state index is 0.0357. The summed E-state index contributed by atoms with van der Waals surface area (Å²) in [6.45, 7) is 0.600. The van der Waals surface area contributed by atoms with Crippen molar-refractivity contribution in [3.05, 3.63) is 12.2 Å². The van der Waals surface area contributed by atoms with Crippen LogP contribution in [-0.2, 0) is 9.59 Å². The van der Waals surface area contributed by atoms with Gasteiger partial charge < -0.3 is 15.1 Å². The highest BCUT2D eigenvalue weighted by atomic mass is 16.4. The molecule has 5 nitrogen and oxygen atoms in total. The number of hydrogen-bond acceptors (Lipinski definition) is 3. The average Bonchev–Trinajstić information content (AvgIpc) is 2.46. The highest BCUT2D eigenvalue weighted by Crippen LogP contribution is 2.30. The average molecular weight is 267 g/mol. The van der Waals surface area contributed by atoms with E-state index in [9.17, 15) is 19.8 Å². The zero-order valence-corrected chi connectivity index (χ0v) is 11.0. The number of carboxylic acids is 1. The first-order valence-electron chi connectivity index (χ1n) is 6.94. The Hall–Kier alpha value is -1.36. The van der Waals surface area contributed by atoms with Crippen molar-refractivity contribution in [3.63, 3.8) is 0 Å². The number of allylic oxidation sites excluding steroid dienone is 2. The molecule has 0 aromatic carbocycles. The van der Waals surface area contributed by atoms with Gasteiger partial charge in [0.05, 0.1) is 24.5 Å². The first kappa shape index (κ1) is 14.1. The highest BCUT2D eigenvalue weighted by molar-refractivity contribution is 5.85. The zero-order valence-electron chi connectivity index (χ0n) is 11.0. The van der Waals surface area contributed by atoms with Gasteiger partial charge in [-0.1, -0.05) is 12.2 Å². The summed E-state index contributed by atoms with van der Waals surface area (Å²) >= 11 is 0. The maximum Gasteiger partial charge on any atom is 0.307 e. The number of amides is 1. The second-order valence-corrected chi connectivity index (χ2v) is 5.36. The monoisotopic (exact) mass is 267 g/mol. The first-order valence-corrected chi connectivity index (χ1v) is 6.94. The normalized spacial score (nSPS) is 31.2. The highest BCUT2D eigenvalue weighted by Gasteiger charge is 2.38. The maximum absolute atomic E-state index is 12.6. The molecule has 1 aliphatic carbocycles. The van der Waals surface area contributed by atoms with E-state index >= 15 is 0 Å². The number of carbonyl (C=O) groups excluding carboxylic acids is 1. The van der Waals surface area contributed by atoms with Gasteiger partial charge in [-0.05, 0) is 32.1 Å². The predicted octanol–water partition coefficient (Wildman–Crippen LogP) is 1.03. The Morgan fingerprint density at radius 1 is 1.16 bits per heavy atom. The van der Waals surface area contributed by atoms with E-state index in [-0.39, 0.29) is 18.6 Å². The van der Waals surface area contributed by atoms with Gasteiger partial charge in [-0.3, -0.25) is 9.59 Å². The van der Waals surface area contributed by atoms with Crippen LogP contribution in [0.3, 0.4) is 0 Å². The summed E-state index contributed by atoms with van der Waals surface area (Å²) in [4.78, 5) is 25.5. The van der Waals surface area contributed by atoms with Crippen LogP contribution in [0.15, 0.2) is 12.2 Å². The standard InChI is InChI=1S/C14H21NO4/c16-9-10-5-3-4-8-15(10)13(17)11-6-1-2-7-12(11)14(18)19/h1-2,10-12,16H,3-9H2,(H,18,19). The largest absolute Gasteiger partial charge is 0.481 e. The molecule has 106 valence electrons. The first-order chi connectivity index (χ1) is 9.15. The maximum atomic E-state index is 12.6. The molecule has 0 saturated carbocycles. The number of rotatable bonds is 3. The molecule has 1 heterocycles. The van der Waals surface area contributed by atoms with Gasteiger partial charge in [-0.2, -0.15) is 0 Å². The topological polar surface area (TPSA) is 77.8 Å². The van der Waals surface area contributed by atoms with Gasteiger partial charge in [0, 0.05) is 6.54 Å². The SMILES string of the molecule is O=C(O)C1CC=CCC1C(=O)N1CCCCC1CO. The quantitative estimate of drug-likeness (QED) is 0.749. The Morgan fingerprint density at radius 2 is 1.84 bits per heavy atom. The molecule has 0 spiro atoms. The van der Waals surface area contributed by atoms with E-state index in [1.54, 1.807) is 4.90 Å². The molecule has 1 amide bonds. The van der Waals surface area contributed by atoms with E-state index in [1.165, 1.54) is 0 Å². The van der Waals surface area contributed by atoms with Gasteiger partial charge >= 0.3 is 5.97 Å². The lowest BCUT2D eigenvalue weighted by Gasteiger charge is -2.38. The van der Waals surface area contributed by atoms with Crippen LogP contribution in [0.5, 0.6) is 0 Å². The molecule has 1 fully saturated rings. The molecular weight excluding hydrogens is 246 g/mol. The van der Waals surface area contributed by atoms with E-state index < -0.39 is 17.8 Å². The lowest BCUT2D eigenvalue weighted by molar-refractivity contribution is -0.152. The minimum Gasteiger partial charge on any atom is -0.481 e. The molecule has 0 aromatic heterocycles. The summed E-state index contributed by atoms with van der Waals surface area (Å²) in [6, 6.07) is -0.137. The third kappa shape index (κ3) is 2.97. The van der Waals surface area contributed by atoms with Crippen LogP contribution < -0.4 is 0 Å². The Morgan fingerprint density at radius 3 is 2.47 bits per heavy atom. The third-order valence-electron chi connectivity index (χ3n) is 4.19. The molecule has 0 radical (unpaired) electrons. The fourth-order valence-corrected chi connectivity index (χ4v) is 3.05. The number of likely N-dealkylation sites (tertiary alicyclic amines) is 1. The third-order valence-corrected chi connectivity index (χ3v) is 4.19. The van der Waals surface area contributed by atoms with Crippen LogP contribution in [0.25, 0.3) is 0 Å². The molecule has 1 saturated heterocycles. The second-order valence-electron chi connectivity index (χ2n) is 5.36. The van der Waals surface area contributed by atoms with Crippen molar-refractivity contribution in [1.29, 1.82) is 0 Å². The molecule has 2 N–H and O–H groups in total. The lowest BCUT2D eigenvalue weighted by atomic mass is 9.81. The predicted molar refractivity (Wildman–Crippen MR) is 69.4 cm³/mol. The van der Waals surface area contributed by atoms with Crippen LogP contribution in [0.4, 0.5) is 0 Å². The van der Waals surface area contributed by atoms with Crippen molar-refractivity contribution >= 4 is 11.9 Å². The van der Waals surface area contributed by atoms with E-state index in [0.717, 1.165) is 19.3 Å². The van der Waals surface area contributed by atoms with E-state index in [2.05, 4.69) is 0 Å². The van der Waals surface area contributed by atoms with Crippen LogP contribution in [0.1, 0.15) is 32.1 Å². The van der Waals surface area contributed by atoms with Crippen molar-refractivity contribution in [2.45, 2.75) is 38.1 Å². The van der Waals surface area contributed by atoms with Crippen molar-refractivity contribution in [2.75, 3.05) is 13.2 Å². The fraction of sp³-hybridized carbons (Fsp3) is 0.714. The number of hydrogen-bond donors (Lipinski definition) is 2. The summed E-state index contributed by atoms with van der Waals surface area (Å²) < 4.78 is 0. The minimum atomic E-state index is -0.903.